The van der Waals surface area contributed by atoms with Gasteiger partial charge >= 0.3 is 6.09 Å². The van der Waals surface area contributed by atoms with Crippen LogP contribution in [0.5, 0.6) is 0 Å². The van der Waals surface area contributed by atoms with E-state index in [4.69, 9.17) is 10.00 Å². The predicted octanol–water partition coefficient (Wildman–Crippen LogP) is 2.79. The highest BCUT2D eigenvalue weighted by atomic mass is 16.6. The van der Waals surface area contributed by atoms with Gasteiger partial charge in [0, 0.05) is 26.3 Å². The van der Waals surface area contributed by atoms with Gasteiger partial charge in [-0.2, -0.15) is 5.26 Å². The van der Waals surface area contributed by atoms with Crippen LogP contribution in [-0.4, -0.2) is 47.8 Å². The number of likely N-dealkylation sites (N-methyl/N-ethyl adjacent to an activating group) is 1. The van der Waals surface area contributed by atoms with Crippen molar-refractivity contribution in [2.24, 2.45) is 0 Å². The van der Waals surface area contributed by atoms with E-state index in [-0.39, 0.29) is 12.1 Å². The van der Waals surface area contributed by atoms with E-state index in [0.717, 1.165) is 25.2 Å². The molecule has 1 amide bonds. The van der Waals surface area contributed by atoms with E-state index < -0.39 is 5.60 Å². The fourth-order valence-electron chi connectivity index (χ4n) is 2.69. The van der Waals surface area contributed by atoms with Gasteiger partial charge in [0.15, 0.2) is 0 Å². The minimum atomic E-state index is -0.487. The first-order valence-corrected chi connectivity index (χ1v) is 7.87. The van der Waals surface area contributed by atoms with E-state index in [1.54, 1.807) is 23.2 Å². The summed E-state index contributed by atoms with van der Waals surface area (Å²) >= 11 is 0. The molecule has 1 aromatic heterocycles. The summed E-state index contributed by atoms with van der Waals surface area (Å²) in [7, 11) is 1.93. The number of carbonyl (C=O) groups is 1. The third kappa shape index (κ3) is 4.59. The Kier molecular flexibility index (Phi) is 5.09. The van der Waals surface area contributed by atoms with Crippen molar-refractivity contribution in [2.45, 2.75) is 45.3 Å². The molecule has 2 heterocycles. The maximum atomic E-state index is 12.3. The predicted molar refractivity (Wildman–Crippen MR) is 88.2 cm³/mol. The van der Waals surface area contributed by atoms with E-state index >= 15 is 0 Å². The quantitative estimate of drug-likeness (QED) is 0.857. The molecule has 6 heteroatoms. The number of nitrogens with zero attached hydrogens (tertiary/aromatic N) is 4. The minimum absolute atomic E-state index is 0.0994. The molecule has 6 nitrogen and oxygen atoms in total. The first-order chi connectivity index (χ1) is 10.8. The summed E-state index contributed by atoms with van der Waals surface area (Å²) in [4.78, 5) is 20.4. The van der Waals surface area contributed by atoms with Crippen molar-refractivity contribution in [3.63, 3.8) is 0 Å². The number of likely N-dealkylation sites (tertiary alicyclic amines) is 1. The fourth-order valence-corrected chi connectivity index (χ4v) is 2.69. The zero-order valence-electron chi connectivity index (χ0n) is 14.2. The summed E-state index contributed by atoms with van der Waals surface area (Å²) in [5.74, 6) is 0.736. The Balaban J connectivity index is 2.03. The van der Waals surface area contributed by atoms with Crippen molar-refractivity contribution in [3.8, 4) is 6.07 Å². The highest BCUT2D eigenvalue weighted by Gasteiger charge is 2.32. The Morgan fingerprint density at radius 3 is 2.96 bits per heavy atom. The summed E-state index contributed by atoms with van der Waals surface area (Å²) < 4.78 is 5.49. The lowest BCUT2D eigenvalue weighted by atomic mass is 10.2. The van der Waals surface area contributed by atoms with Crippen LogP contribution in [0, 0.1) is 11.3 Å². The topological polar surface area (TPSA) is 69.5 Å². The van der Waals surface area contributed by atoms with Gasteiger partial charge in [0.25, 0.3) is 0 Å². The van der Waals surface area contributed by atoms with Crippen LogP contribution in [0.3, 0.4) is 0 Å². The number of nitriles is 1. The maximum Gasteiger partial charge on any atom is 0.410 e. The lowest BCUT2D eigenvalue weighted by Crippen LogP contribution is -2.44. The van der Waals surface area contributed by atoms with Crippen molar-refractivity contribution >= 4 is 11.9 Å². The number of amides is 1. The first kappa shape index (κ1) is 17.1. The van der Waals surface area contributed by atoms with Gasteiger partial charge < -0.3 is 14.5 Å². The van der Waals surface area contributed by atoms with Crippen LogP contribution in [0.25, 0.3) is 0 Å². The van der Waals surface area contributed by atoms with Gasteiger partial charge in [-0.25, -0.2) is 9.78 Å². The number of aromatic nitrogens is 1. The lowest BCUT2D eigenvalue weighted by molar-refractivity contribution is 0.0232. The smallest absolute Gasteiger partial charge is 0.410 e. The van der Waals surface area contributed by atoms with Gasteiger partial charge in [-0.05, 0) is 45.7 Å². The summed E-state index contributed by atoms with van der Waals surface area (Å²) in [6, 6.07) is 5.65. The molecule has 2 rings (SSSR count). The maximum absolute atomic E-state index is 12.3. The van der Waals surface area contributed by atoms with Gasteiger partial charge in [0.2, 0.25) is 0 Å². The molecule has 0 saturated carbocycles. The van der Waals surface area contributed by atoms with Crippen LogP contribution in [0.4, 0.5) is 10.6 Å². The van der Waals surface area contributed by atoms with Crippen molar-refractivity contribution in [3.05, 3.63) is 23.9 Å². The Morgan fingerprint density at radius 2 is 2.30 bits per heavy atom. The molecule has 1 aliphatic heterocycles. The standard InChI is InChI=1S/C17H24N4O2/c1-17(2,3)23-16(22)21-9-5-6-14(21)12-20(4)15-10-13(11-18)7-8-19-15/h7-8,10,14H,5-6,9,12H2,1-4H3/t14-/m0/s1. The van der Waals surface area contributed by atoms with E-state index in [0.29, 0.717) is 12.1 Å². The van der Waals surface area contributed by atoms with Gasteiger partial charge in [0.1, 0.15) is 11.4 Å². The second-order valence-corrected chi connectivity index (χ2v) is 6.86. The van der Waals surface area contributed by atoms with Crippen molar-refractivity contribution in [1.82, 2.24) is 9.88 Å². The number of anilines is 1. The average molecular weight is 316 g/mol. The summed E-state index contributed by atoms with van der Waals surface area (Å²) in [5.41, 5.74) is 0.0935. The fraction of sp³-hybridized carbons (Fsp3) is 0.588. The third-order valence-corrected chi connectivity index (χ3v) is 3.76. The zero-order valence-corrected chi connectivity index (χ0v) is 14.2. The second-order valence-electron chi connectivity index (χ2n) is 6.86. The van der Waals surface area contributed by atoms with Crippen LogP contribution in [-0.2, 0) is 4.74 Å². The molecule has 0 N–H and O–H groups in total. The summed E-state index contributed by atoms with van der Waals surface area (Å²) in [5, 5.41) is 8.99. The Bertz CT molecular complexity index is 603. The number of hydrogen-bond acceptors (Lipinski definition) is 5. The summed E-state index contributed by atoms with van der Waals surface area (Å²) in [6.07, 6.45) is 3.29. The largest absolute Gasteiger partial charge is 0.444 e. The molecule has 1 aliphatic rings. The monoisotopic (exact) mass is 316 g/mol. The first-order valence-electron chi connectivity index (χ1n) is 7.87. The Labute approximate surface area is 137 Å². The number of rotatable bonds is 3. The number of carbonyl (C=O) groups excluding carboxylic acids is 1. The van der Waals surface area contributed by atoms with E-state index in [1.807, 2.05) is 32.7 Å². The normalized spacial score (nSPS) is 17.7. The molecule has 0 bridgehead atoms. The lowest BCUT2D eigenvalue weighted by Gasteiger charge is -2.31. The van der Waals surface area contributed by atoms with Crippen molar-refractivity contribution in [2.75, 3.05) is 25.0 Å². The molecular formula is C17H24N4O2. The molecule has 1 atom stereocenters. The Morgan fingerprint density at radius 1 is 1.57 bits per heavy atom. The van der Waals surface area contributed by atoms with E-state index in [9.17, 15) is 4.79 Å². The zero-order chi connectivity index (χ0) is 17.0. The molecule has 0 aromatic carbocycles. The van der Waals surface area contributed by atoms with E-state index in [2.05, 4.69) is 11.1 Å². The SMILES string of the molecule is CN(C[C@@H]1CCCN1C(=O)OC(C)(C)C)c1cc(C#N)ccn1. The van der Waals surface area contributed by atoms with Gasteiger partial charge in [-0.15, -0.1) is 0 Å². The molecular weight excluding hydrogens is 292 g/mol. The van der Waals surface area contributed by atoms with Crippen LogP contribution < -0.4 is 4.90 Å². The van der Waals surface area contributed by atoms with E-state index in [1.165, 1.54) is 0 Å². The number of pyridine rings is 1. The molecule has 124 valence electrons. The van der Waals surface area contributed by atoms with Gasteiger partial charge in [-0.1, -0.05) is 0 Å². The minimum Gasteiger partial charge on any atom is -0.444 e. The third-order valence-electron chi connectivity index (χ3n) is 3.76. The molecule has 0 radical (unpaired) electrons. The highest BCUT2D eigenvalue weighted by molar-refractivity contribution is 5.69. The molecule has 1 aromatic rings. The molecule has 0 spiro atoms. The van der Waals surface area contributed by atoms with Crippen molar-refractivity contribution in [1.29, 1.82) is 5.26 Å². The molecule has 23 heavy (non-hydrogen) atoms. The van der Waals surface area contributed by atoms with Crippen LogP contribution >= 0.6 is 0 Å². The molecule has 0 unspecified atom stereocenters. The van der Waals surface area contributed by atoms with Gasteiger partial charge in [0.05, 0.1) is 17.7 Å². The molecule has 1 fully saturated rings. The second kappa shape index (κ2) is 6.86. The molecule has 0 aliphatic carbocycles. The Hall–Kier alpha value is -2.29. The highest BCUT2D eigenvalue weighted by Crippen LogP contribution is 2.22. The van der Waals surface area contributed by atoms with Crippen molar-refractivity contribution < 1.29 is 9.53 Å². The van der Waals surface area contributed by atoms with Gasteiger partial charge in [-0.3, -0.25) is 0 Å². The van der Waals surface area contributed by atoms with Crippen LogP contribution in [0.15, 0.2) is 18.3 Å². The average Bonchev–Trinajstić information content (AvgIpc) is 2.93. The van der Waals surface area contributed by atoms with Crippen LogP contribution in [0.1, 0.15) is 39.2 Å². The number of hydrogen-bond donors (Lipinski definition) is 0. The number of ether oxygens (including phenoxy) is 1. The van der Waals surface area contributed by atoms with Crippen LogP contribution in [0.2, 0.25) is 0 Å². The summed E-state index contributed by atoms with van der Waals surface area (Å²) in [6.45, 7) is 7.01. The molecule has 1 saturated heterocycles.